The van der Waals surface area contributed by atoms with Crippen LogP contribution in [0.5, 0.6) is 11.5 Å². The van der Waals surface area contributed by atoms with E-state index in [2.05, 4.69) is 43.4 Å². The van der Waals surface area contributed by atoms with E-state index in [-0.39, 0.29) is 0 Å². The molecular weight excluding hydrogens is 392 g/mol. The van der Waals surface area contributed by atoms with Crippen LogP contribution in [0.25, 0.3) is 0 Å². The molecule has 0 saturated heterocycles. The fraction of sp³-hybridized carbons (Fsp3) is 0.379. The molecule has 3 nitrogen and oxygen atoms in total. The van der Waals surface area contributed by atoms with Gasteiger partial charge in [-0.25, -0.2) is 0 Å². The van der Waals surface area contributed by atoms with E-state index in [0.29, 0.717) is 16.9 Å². The fourth-order valence-corrected chi connectivity index (χ4v) is 3.47. The summed E-state index contributed by atoms with van der Waals surface area (Å²) in [6.45, 7) is 2.21. The van der Waals surface area contributed by atoms with Gasteiger partial charge in [-0.1, -0.05) is 69.0 Å². The molecule has 2 aromatic carbocycles. The van der Waals surface area contributed by atoms with E-state index < -0.39 is 0 Å². The Bertz CT molecular complexity index is 960. The lowest BCUT2D eigenvalue weighted by Gasteiger charge is -2.08. The number of hydrogen-bond acceptors (Lipinski definition) is 3. The highest BCUT2D eigenvalue weighted by Crippen LogP contribution is 2.25. The van der Waals surface area contributed by atoms with Gasteiger partial charge in [0, 0.05) is 0 Å². The maximum Gasteiger partial charge on any atom is 0.128 e. The average Bonchev–Trinajstić information content (AvgIpc) is 2.82. The number of unbranched alkanes of at least 4 members (excludes halogenated alkanes) is 6. The lowest BCUT2D eigenvalue weighted by molar-refractivity contribution is 0.481. The largest absolute Gasteiger partial charge is 0.457 e. The van der Waals surface area contributed by atoms with Crippen LogP contribution in [-0.2, 0) is 6.42 Å². The molecule has 0 aliphatic carbocycles. The molecule has 0 aliphatic heterocycles. The molecule has 2 aromatic rings. The first kappa shape index (κ1) is 25.0. The van der Waals surface area contributed by atoms with Crippen LogP contribution in [0.4, 0.5) is 0 Å². The van der Waals surface area contributed by atoms with Crippen molar-refractivity contribution in [3.05, 3.63) is 83.5 Å². The van der Waals surface area contributed by atoms with E-state index >= 15 is 0 Å². The van der Waals surface area contributed by atoms with E-state index in [9.17, 15) is 5.26 Å². The van der Waals surface area contributed by atoms with E-state index in [1.165, 1.54) is 56.9 Å². The molecule has 2 rings (SSSR count). The van der Waals surface area contributed by atoms with Crippen molar-refractivity contribution in [1.82, 2.24) is 0 Å². The second-order valence-corrected chi connectivity index (χ2v) is 7.95. The summed E-state index contributed by atoms with van der Waals surface area (Å²) in [7, 11) is 0. The maximum atomic E-state index is 9.17. The van der Waals surface area contributed by atoms with Crippen molar-refractivity contribution >= 4 is 0 Å². The zero-order chi connectivity index (χ0) is 22.9. The number of ether oxygens (including phenoxy) is 1. The number of nitrogens with zero attached hydrogens (tertiary/aromatic N) is 2. The molecule has 0 fully saturated rings. The smallest absolute Gasteiger partial charge is 0.128 e. The van der Waals surface area contributed by atoms with Gasteiger partial charge in [-0.05, 0) is 74.4 Å². The summed E-state index contributed by atoms with van der Waals surface area (Å²) >= 11 is 0. The third-order valence-electron chi connectivity index (χ3n) is 5.26. The van der Waals surface area contributed by atoms with Crippen LogP contribution in [0.2, 0.25) is 0 Å². The van der Waals surface area contributed by atoms with Crippen molar-refractivity contribution in [2.75, 3.05) is 0 Å². The normalized spacial score (nSPS) is 11.0. The minimum atomic E-state index is 0.334. The topological polar surface area (TPSA) is 56.8 Å². The van der Waals surface area contributed by atoms with Gasteiger partial charge >= 0.3 is 0 Å². The molecule has 32 heavy (non-hydrogen) atoms. The highest BCUT2D eigenvalue weighted by Gasteiger charge is 2.05. The van der Waals surface area contributed by atoms with Gasteiger partial charge in [-0.2, -0.15) is 10.5 Å². The monoisotopic (exact) mass is 426 g/mol. The Hall–Kier alpha value is -3.30. The number of nitriles is 2. The Balaban J connectivity index is 1.65. The Labute approximate surface area is 193 Å². The second-order valence-electron chi connectivity index (χ2n) is 7.95. The summed E-state index contributed by atoms with van der Waals surface area (Å²) in [5.41, 5.74) is 1.96. The Kier molecular flexibility index (Phi) is 12.1. The van der Waals surface area contributed by atoms with E-state index in [0.717, 1.165) is 18.6 Å². The lowest BCUT2D eigenvalue weighted by Crippen LogP contribution is -1.91. The summed E-state index contributed by atoms with van der Waals surface area (Å²) in [6, 6.07) is 17.1. The first-order chi connectivity index (χ1) is 15.8. The molecule has 0 atom stereocenters. The van der Waals surface area contributed by atoms with Crippen LogP contribution < -0.4 is 4.74 Å². The molecule has 0 radical (unpaired) electrons. The number of benzene rings is 2. The fourth-order valence-electron chi connectivity index (χ4n) is 3.47. The first-order valence-corrected chi connectivity index (χ1v) is 11.8. The van der Waals surface area contributed by atoms with E-state index in [1.807, 2.05) is 24.3 Å². The lowest BCUT2D eigenvalue weighted by atomic mass is 10.0. The average molecular weight is 427 g/mol. The van der Waals surface area contributed by atoms with Gasteiger partial charge in [0.2, 0.25) is 0 Å². The molecule has 0 unspecified atom stereocenters. The van der Waals surface area contributed by atoms with Crippen molar-refractivity contribution < 1.29 is 4.74 Å². The third kappa shape index (κ3) is 9.67. The SMILES string of the molecule is CCC/C=C/C/C=C/CCCCCCCc1cccc(Oc2ccc(C#N)c(C#N)c2)c1. The molecule has 0 aromatic heterocycles. The van der Waals surface area contributed by atoms with Crippen LogP contribution in [0.15, 0.2) is 66.8 Å². The first-order valence-electron chi connectivity index (χ1n) is 11.8. The predicted octanol–water partition coefficient (Wildman–Crippen LogP) is 8.41. The molecule has 166 valence electrons. The Morgan fingerprint density at radius 2 is 1.47 bits per heavy atom. The van der Waals surface area contributed by atoms with Crippen molar-refractivity contribution in [3.63, 3.8) is 0 Å². The Morgan fingerprint density at radius 1 is 0.750 bits per heavy atom. The van der Waals surface area contributed by atoms with Crippen molar-refractivity contribution in [3.8, 4) is 23.6 Å². The zero-order valence-corrected chi connectivity index (χ0v) is 19.2. The molecule has 0 bridgehead atoms. The van der Waals surface area contributed by atoms with Gasteiger partial charge in [0.1, 0.15) is 23.6 Å². The molecule has 0 saturated carbocycles. The summed E-state index contributed by atoms with van der Waals surface area (Å²) in [5.74, 6) is 1.33. The molecule has 3 heteroatoms. The summed E-state index contributed by atoms with van der Waals surface area (Å²) < 4.78 is 5.91. The van der Waals surface area contributed by atoms with E-state index in [1.54, 1.807) is 18.2 Å². The number of hydrogen-bond donors (Lipinski definition) is 0. The van der Waals surface area contributed by atoms with E-state index in [4.69, 9.17) is 10.00 Å². The van der Waals surface area contributed by atoms with Crippen LogP contribution in [-0.4, -0.2) is 0 Å². The zero-order valence-electron chi connectivity index (χ0n) is 19.2. The number of aryl methyl sites for hydroxylation is 1. The van der Waals surface area contributed by atoms with Crippen LogP contribution in [0, 0.1) is 22.7 Å². The van der Waals surface area contributed by atoms with Gasteiger partial charge in [0.05, 0.1) is 11.1 Å². The summed E-state index contributed by atoms with van der Waals surface area (Å²) in [4.78, 5) is 0. The molecule has 0 amide bonds. The minimum absolute atomic E-state index is 0.334. The molecule has 0 N–H and O–H groups in total. The van der Waals surface area contributed by atoms with Gasteiger partial charge in [0.15, 0.2) is 0 Å². The minimum Gasteiger partial charge on any atom is -0.457 e. The number of allylic oxidation sites excluding steroid dienone is 4. The quantitative estimate of drug-likeness (QED) is 0.225. The van der Waals surface area contributed by atoms with Gasteiger partial charge in [0.25, 0.3) is 0 Å². The third-order valence-corrected chi connectivity index (χ3v) is 5.26. The van der Waals surface area contributed by atoms with Crippen LogP contribution in [0.1, 0.15) is 81.4 Å². The maximum absolute atomic E-state index is 9.17. The van der Waals surface area contributed by atoms with Gasteiger partial charge < -0.3 is 4.74 Å². The second kappa shape index (κ2) is 15.5. The van der Waals surface area contributed by atoms with Crippen LogP contribution in [0.3, 0.4) is 0 Å². The molecule has 0 aliphatic rings. The molecule has 0 heterocycles. The predicted molar refractivity (Wildman–Crippen MR) is 132 cm³/mol. The Morgan fingerprint density at radius 3 is 2.25 bits per heavy atom. The highest BCUT2D eigenvalue weighted by atomic mass is 16.5. The standard InChI is InChI=1S/C29H34N2O/c1-2-3-4-5-6-7-8-9-10-11-12-13-14-16-25-17-15-18-28(21-25)32-29-20-19-26(23-30)27(22-29)24-31/h4-5,7-8,15,17-22H,2-3,6,9-14,16H2,1H3/b5-4+,8-7+. The molecule has 0 spiro atoms. The van der Waals surface area contributed by atoms with Crippen molar-refractivity contribution in [2.45, 2.75) is 71.1 Å². The summed E-state index contributed by atoms with van der Waals surface area (Å²) in [6.07, 6.45) is 21.1. The molecular formula is C29H34N2O. The summed E-state index contributed by atoms with van der Waals surface area (Å²) in [5, 5.41) is 18.2. The number of rotatable bonds is 14. The van der Waals surface area contributed by atoms with Crippen molar-refractivity contribution in [2.24, 2.45) is 0 Å². The highest BCUT2D eigenvalue weighted by molar-refractivity contribution is 5.50. The van der Waals surface area contributed by atoms with Crippen molar-refractivity contribution in [1.29, 1.82) is 10.5 Å². The van der Waals surface area contributed by atoms with Gasteiger partial charge in [-0.15, -0.1) is 0 Å². The van der Waals surface area contributed by atoms with Crippen LogP contribution >= 0.6 is 0 Å². The van der Waals surface area contributed by atoms with Gasteiger partial charge in [-0.3, -0.25) is 0 Å².